The van der Waals surface area contributed by atoms with Gasteiger partial charge in [-0.15, -0.1) is 0 Å². The molecule has 27 nitrogen and oxygen atoms in total. The van der Waals surface area contributed by atoms with Gasteiger partial charge >= 0.3 is 23.9 Å². The summed E-state index contributed by atoms with van der Waals surface area (Å²) in [6.45, 7) is 11.7. The number of nitrogens with one attached hydrogen (secondary N) is 3. The number of aliphatic imine (C=N–C) groups is 4. The molecule has 0 spiro atoms. The lowest BCUT2D eigenvalue weighted by molar-refractivity contribution is -0.156. The minimum atomic E-state index is -2.51. The average molecular weight is 1100 g/mol. The Balaban J connectivity index is 4.74. The monoisotopic (exact) mass is 1100 g/mol. The Kier molecular flexibility index (Phi) is 35.4. The minimum absolute atomic E-state index is 0.0201. The quantitative estimate of drug-likeness (QED) is 0.0104. The number of hydrogen-bond acceptors (Lipinski definition) is 25. The van der Waals surface area contributed by atoms with Crippen LogP contribution in [0.1, 0.15) is 132 Å². The molecule has 0 aromatic heterocycles. The van der Waals surface area contributed by atoms with Crippen molar-refractivity contribution in [2.75, 3.05) is 66.7 Å². The Hall–Kier alpha value is -6.10. The van der Waals surface area contributed by atoms with Crippen LogP contribution in [0.25, 0.3) is 0 Å². The van der Waals surface area contributed by atoms with Crippen LogP contribution in [0.5, 0.6) is 0 Å². The van der Waals surface area contributed by atoms with Crippen LogP contribution in [-0.2, 0) is 76.4 Å². The molecule has 27 heteroatoms. The van der Waals surface area contributed by atoms with Gasteiger partial charge in [-0.1, -0.05) is 0 Å². The van der Waals surface area contributed by atoms with Crippen LogP contribution in [0.4, 0.5) is 0 Å². The number of ether oxygens (including phenoxy) is 6. The first kappa shape index (κ1) is 70.9. The van der Waals surface area contributed by atoms with Gasteiger partial charge in [-0.05, 0) is 88.1 Å². The number of ketones is 4. The molecule has 0 aliphatic carbocycles. The van der Waals surface area contributed by atoms with Gasteiger partial charge in [0.05, 0.1) is 78.3 Å². The van der Waals surface area contributed by atoms with E-state index in [2.05, 4.69) is 25.3 Å². The van der Waals surface area contributed by atoms with Crippen molar-refractivity contribution in [3.05, 3.63) is 0 Å². The van der Waals surface area contributed by atoms with E-state index in [1.807, 2.05) is 6.92 Å². The normalized spacial score (nSPS) is 15.4. The van der Waals surface area contributed by atoms with Gasteiger partial charge in [-0.2, -0.15) is 0 Å². The number of amides is 2. The molecule has 436 valence electrons. The van der Waals surface area contributed by atoms with E-state index in [1.54, 1.807) is 66.4 Å². The third-order valence-corrected chi connectivity index (χ3v) is 10.9. The number of rotatable bonds is 42. The first-order valence-electron chi connectivity index (χ1n) is 25.1. The Morgan fingerprint density at radius 3 is 0.961 bits per heavy atom. The second-order valence-electron chi connectivity index (χ2n) is 18.8. The smallest absolute Gasteiger partial charge is 0.306 e. The summed E-state index contributed by atoms with van der Waals surface area (Å²) in [4.78, 5) is 140. The summed E-state index contributed by atoms with van der Waals surface area (Å²) >= 11 is 0. The van der Waals surface area contributed by atoms with E-state index in [4.69, 9.17) is 40.1 Å². The summed E-state index contributed by atoms with van der Waals surface area (Å²) in [5.74, 6) is 3.49. The molecule has 0 fully saturated rings. The van der Waals surface area contributed by atoms with Gasteiger partial charge in [0.25, 0.3) is 11.8 Å². The van der Waals surface area contributed by atoms with Crippen LogP contribution >= 0.6 is 0 Å². The molecule has 77 heavy (non-hydrogen) atoms. The van der Waals surface area contributed by atoms with Crippen molar-refractivity contribution in [3.8, 4) is 0 Å². The van der Waals surface area contributed by atoms with Crippen LogP contribution in [0.15, 0.2) is 20.0 Å². The maximum atomic E-state index is 12.8. The lowest BCUT2D eigenvalue weighted by Gasteiger charge is -2.24. The molecule has 0 heterocycles. The maximum absolute atomic E-state index is 12.8. The van der Waals surface area contributed by atoms with Crippen molar-refractivity contribution < 1.29 is 86.6 Å². The fraction of sp³-hybridized carbons (Fsp3) is 0.720. The predicted molar refractivity (Wildman–Crippen MR) is 281 cm³/mol. The van der Waals surface area contributed by atoms with Gasteiger partial charge in [-0.25, -0.2) is 11.7 Å². The van der Waals surface area contributed by atoms with Crippen LogP contribution in [0.2, 0.25) is 0 Å². The highest BCUT2D eigenvalue weighted by atomic mass is 16.6. The Morgan fingerprint density at radius 2 is 0.714 bits per heavy atom. The van der Waals surface area contributed by atoms with E-state index in [1.165, 1.54) is 7.05 Å². The van der Waals surface area contributed by atoms with E-state index >= 15 is 0 Å². The molecule has 0 aliphatic heterocycles. The largest absolute Gasteiger partial charge is 0.460 e. The van der Waals surface area contributed by atoms with Crippen molar-refractivity contribution in [1.29, 1.82) is 0 Å². The molecule has 2 amide bonds. The SMILES string of the molecule is CN=C(C)CCC(=O)OC(C)COCC(C)OC(=O)CCC(C)=NCC(=O)CC(O)(CC(=O)CN=C(C)CCC(=O)OC(C)COCC(C)OC(=O)CCC(C)=NCC(=O)CC(O)(CC(=O)CNC)C(=O)NN)C(=O)NN. The number of hydrogen-bond donors (Lipinski definition) is 7. The zero-order chi connectivity index (χ0) is 58.7. The summed E-state index contributed by atoms with van der Waals surface area (Å²) in [6.07, 6.45) is -4.55. The Labute approximate surface area is 449 Å². The molecule has 0 bridgehead atoms. The van der Waals surface area contributed by atoms with E-state index in [0.29, 0.717) is 23.6 Å². The van der Waals surface area contributed by atoms with E-state index in [-0.39, 0.29) is 83.9 Å². The molecular weight excluding hydrogens is 1010 g/mol. The fourth-order valence-corrected chi connectivity index (χ4v) is 6.67. The summed E-state index contributed by atoms with van der Waals surface area (Å²) in [6, 6.07) is 0. The third kappa shape index (κ3) is 33.6. The van der Waals surface area contributed by atoms with Crippen molar-refractivity contribution >= 4 is 81.7 Å². The second kappa shape index (κ2) is 38.4. The number of nitrogens with two attached hydrogens (primary N) is 2. The standard InChI is InChI=1S/C50H83N9O18/c1-31(54-10)11-15-43(64)74-35(5)27-72-28-36(6)75-45(66)17-13-33(3)56-25-41(62)21-50(71,48(69)59-52)22-42(63)26-57-34(4)14-18-46(67)77-38(8)30-73-29-37(7)76-44(65)16-12-32(2)55-24-40(61)20-49(70,47(68)58-51)19-39(60)23-53-9/h35-38,53,70-71H,11-30,51-52H2,1-10H3,(H,58,68)(H,59,69). The molecule has 0 aromatic rings. The van der Waals surface area contributed by atoms with Gasteiger partial charge in [-0.3, -0.25) is 78.8 Å². The van der Waals surface area contributed by atoms with Crippen molar-refractivity contribution in [2.45, 2.75) is 168 Å². The molecule has 6 atom stereocenters. The number of carbonyl (C=O) groups excluding carboxylic acids is 10. The van der Waals surface area contributed by atoms with E-state index in [0.717, 1.165) is 5.71 Å². The maximum Gasteiger partial charge on any atom is 0.306 e. The molecule has 0 aromatic carbocycles. The second-order valence-corrected chi connectivity index (χ2v) is 18.8. The Bertz CT molecular complexity index is 2110. The highest BCUT2D eigenvalue weighted by molar-refractivity contribution is 5.99. The predicted octanol–water partition coefficient (Wildman–Crippen LogP) is -0.161. The fourth-order valence-electron chi connectivity index (χ4n) is 6.67. The summed E-state index contributed by atoms with van der Waals surface area (Å²) < 4.78 is 32.4. The number of likely N-dealkylation sites (N-methyl/N-ethyl adjacent to an activating group) is 1. The molecule has 0 aliphatic rings. The van der Waals surface area contributed by atoms with Crippen molar-refractivity contribution in [2.24, 2.45) is 31.7 Å². The zero-order valence-corrected chi connectivity index (χ0v) is 46.3. The molecule has 0 saturated heterocycles. The van der Waals surface area contributed by atoms with Crippen LogP contribution < -0.4 is 27.9 Å². The van der Waals surface area contributed by atoms with E-state index in [9.17, 15) is 58.2 Å². The number of Topliss-reactive ketones (excluding diaryl/α,β-unsaturated/α-hetero) is 4. The van der Waals surface area contributed by atoms with Gasteiger partial charge in [0.1, 0.15) is 30.2 Å². The number of nitrogens with zero attached hydrogens (tertiary/aromatic N) is 4. The van der Waals surface area contributed by atoms with Crippen molar-refractivity contribution in [1.82, 2.24) is 16.2 Å². The van der Waals surface area contributed by atoms with Gasteiger partial charge in [0.2, 0.25) is 0 Å². The molecule has 6 unspecified atom stereocenters. The minimum Gasteiger partial charge on any atom is -0.460 e. The van der Waals surface area contributed by atoms with E-state index < -0.39 is 134 Å². The van der Waals surface area contributed by atoms with Gasteiger partial charge in [0, 0.05) is 55.6 Å². The summed E-state index contributed by atoms with van der Waals surface area (Å²) in [5, 5.41) is 24.3. The van der Waals surface area contributed by atoms with Crippen molar-refractivity contribution in [3.63, 3.8) is 0 Å². The number of aliphatic hydroxyl groups is 2. The summed E-state index contributed by atoms with van der Waals surface area (Å²) in [5.41, 5.74) is 0.728. The van der Waals surface area contributed by atoms with Gasteiger partial charge in [0.15, 0.2) is 28.6 Å². The molecule has 0 rings (SSSR count). The molecule has 9 N–H and O–H groups in total. The lowest BCUT2D eigenvalue weighted by Crippen LogP contribution is -2.52. The first-order chi connectivity index (χ1) is 36.1. The highest BCUT2D eigenvalue weighted by Gasteiger charge is 2.41. The Morgan fingerprint density at radius 1 is 0.455 bits per heavy atom. The van der Waals surface area contributed by atoms with Crippen LogP contribution in [0.3, 0.4) is 0 Å². The molecule has 0 saturated carbocycles. The molecular formula is C50H83N9O18. The topological polar surface area (TPSA) is 404 Å². The summed E-state index contributed by atoms with van der Waals surface area (Å²) in [7, 11) is 3.16. The highest BCUT2D eigenvalue weighted by Crippen LogP contribution is 2.19. The molecule has 0 radical (unpaired) electrons. The van der Waals surface area contributed by atoms with Crippen LogP contribution in [-0.4, -0.2) is 194 Å². The number of carbonyl (C=O) groups is 10. The third-order valence-electron chi connectivity index (χ3n) is 10.9. The van der Waals surface area contributed by atoms with Gasteiger partial charge < -0.3 is 44.0 Å². The zero-order valence-electron chi connectivity index (χ0n) is 46.3. The average Bonchev–Trinajstić information content (AvgIpc) is 3.35. The van der Waals surface area contributed by atoms with Crippen LogP contribution in [0, 0.1) is 0 Å². The number of hydrazine groups is 2. The first-order valence-corrected chi connectivity index (χ1v) is 25.1. The lowest BCUT2D eigenvalue weighted by atomic mass is 9.90. The number of esters is 4.